The molecule has 0 amide bonds. The van der Waals surface area contributed by atoms with Crippen LogP contribution in [0.5, 0.6) is 5.75 Å². The van der Waals surface area contributed by atoms with Crippen molar-refractivity contribution < 1.29 is 14.5 Å². The molecule has 0 bridgehead atoms. The summed E-state index contributed by atoms with van der Waals surface area (Å²) in [6.07, 6.45) is 4.09. The number of hydrogen-bond donors (Lipinski definition) is 0. The van der Waals surface area contributed by atoms with Gasteiger partial charge in [-0.1, -0.05) is 25.4 Å². The molecule has 114 valence electrons. The maximum absolute atomic E-state index is 12.1. The van der Waals surface area contributed by atoms with Gasteiger partial charge in [0.25, 0.3) is 5.69 Å². The number of ether oxygens (including phenoxy) is 1. The number of halogens is 1. The fraction of sp³-hybridized carbons (Fsp3) is 0.533. The number of nitro groups is 1. The van der Waals surface area contributed by atoms with Crippen molar-refractivity contribution >= 4 is 23.1 Å². The molecule has 0 aromatic heterocycles. The minimum absolute atomic E-state index is 0.0405. The molecule has 0 atom stereocenters. The second-order valence-corrected chi connectivity index (χ2v) is 6.01. The van der Waals surface area contributed by atoms with Crippen LogP contribution in [0.1, 0.15) is 49.9 Å². The van der Waals surface area contributed by atoms with Crippen molar-refractivity contribution in [3.8, 4) is 5.75 Å². The monoisotopic (exact) mass is 311 g/mol. The molecule has 6 heteroatoms. The van der Waals surface area contributed by atoms with Gasteiger partial charge in [0.1, 0.15) is 5.75 Å². The largest absolute Gasteiger partial charge is 0.489 e. The summed E-state index contributed by atoms with van der Waals surface area (Å²) in [5, 5.41) is 11.5. The summed E-state index contributed by atoms with van der Waals surface area (Å²) in [4.78, 5) is 22.7. The SMILES string of the molecule is CC(C)C(=O)c1cc(Cl)c(OC2CCCC2)cc1[N+](=O)[O-]. The zero-order chi connectivity index (χ0) is 15.6. The molecule has 0 spiro atoms. The second kappa shape index (κ2) is 6.43. The van der Waals surface area contributed by atoms with E-state index in [1.54, 1.807) is 13.8 Å². The molecular formula is C15H18ClNO4. The van der Waals surface area contributed by atoms with Gasteiger partial charge in [-0.2, -0.15) is 0 Å². The lowest BCUT2D eigenvalue weighted by Crippen LogP contribution is -2.13. The van der Waals surface area contributed by atoms with Gasteiger partial charge >= 0.3 is 0 Å². The highest BCUT2D eigenvalue weighted by Crippen LogP contribution is 2.36. The highest BCUT2D eigenvalue weighted by molar-refractivity contribution is 6.32. The van der Waals surface area contributed by atoms with Crippen molar-refractivity contribution in [1.29, 1.82) is 0 Å². The van der Waals surface area contributed by atoms with Crippen LogP contribution in [-0.4, -0.2) is 16.8 Å². The van der Waals surface area contributed by atoms with Gasteiger partial charge in [-0.25, -0.2) is 0 Å². The number of carbonyl (C=O) groups is 1. The van der Waals surface area contributed by atoms with E-state index in [2.05, 4.69) is 0 Å². The summed E-state index contributed by atoms with van der Waals surface area (Å²) in [5.41, 5.74) is -0.204. The summed E-state index contributed by atoms with van der Waals surface area (Å²) in [6.45, 7) is 3.39. The van der Waals surface area contributed by atoms with E-state index in [0.717, 1.165) is 25.7 Å². The fourth-order valence-electron chi connectivity index (χ4n) is 2.48. The Morgan fingerprint density at radius 1 is 1.38 bits per heavy atom. The first-order valence-electron chi connectivity index (χ1n) is 7.09. The lowest BCUT2D eigenvalue weighted by molar-refractivity contribution is -0.385. The van der Waals surface area contributed by atoms with Crippen LogP contribution in [0.25, 0.3) is 0 Å². The Hall–Kier alpha value is -1.62. The molecule has 0 heterocycles. The van der Waals surface area contributed by atoms with E-state index in [4.69, 9.17) is 16.3 Å². The first kappa shape index (κ1) is 15.8. The molecular weight excluding hydrogens is 294 g/mol. The lowest BCUT2D eigenvalue weighted by Gasteiger charge is -2.15. The van der Waals surface area contributed by atoms with Gasteiger partial charge in [0.2, 0.25) is 0 Å². The Bertz CT molecular complexity index is 565. The Morgan fingerprint density at radius 3 is 2.52 bits per heavy atom. The molecule has 1 aliphatic rings. The zero-order valence-corrected chi connectivity index (χ0v) is 12.9. The quantitative estimate of drug-likeness (QED) is 0.459. The summed E-state index contributed by atoms with van der Waals surface area (Å²) < 4.78 is 5.74. The molecule has 5 nitrogen and oxygen atoms in total. The van der Waals surface area contributed by atoms with Crippen LogP contribution in [0, 0.1) is 16.0 Å². The first-order valence-corrected chi connectivity index (χ1v) is 7.46. The number of nitro benzene ring substituents is 1. The average molecular weight is 312 g/mol. The maximum Gasteiger partial charge on any atom is 0.284 e. The second-order valence-electron chi connectivity index (χ2n) is 5.60. The fourth-order valence-corrected chi connectivity index (χ4v) is 2.69. The van der Waals surface area contributed by atoms with Gasteiger partial charge in [-0.05, 0) is 31.7 Å². The number of Topliss-reactive ketones (excluding diaryl/α,β-unsaturated/α-hetero) is 1. The summed E-state index contributed by atoms with van der Waals surface area (Å²) in [6, 6.07) is 2.63. The minimum atomic E-state index is -0.562. The number of nitrogens with zero attached hydrogens (tertiary/aromatic N) is 1. The molecule has 2 rings (SSSR count). The van der Waals surface area contributed by atoms with Crippen molar-refractivity contribution in [2.75, 3.05) is 0 Å². The first-order chi connectivity index (χ1) is 9.90. The van der Waals surface area contributed by atoms with E-state index in [-0.39, 0.29) is 39.8 Å². The van der Waals surface area contributed by atoms with Crippen molar-refractivity contribution in [3.63, 3.8) is 0 Å². The maximum atomic E-state index is 12.1. The molecule has 1 saturated carbocycles. The smallest absolute Gasteiger partial charge is 0.284 e. The topological polar surface area (TPSA) is 69.4 Å². The minimum Gasteiger partial charge on any atom is -0.489 e. The molecule has 1 fully saturated rings. The highest BCUT2D eigenvalue weighted by atomic mass is 35.5. The third kappa shape index (κ3) is 3.53. The number of benzene rings is 1. The van der Waals surface area contributed by atoms with Crippen molar-refractivity contribution in [2.45, 2.75) is 45.6 Å². The predicted molar refractivity (Wildman–Crippen MR) is 80.2 cm³/mol. The van der Waals surface area contributed by atoms with E-state index in [9.17, 15) is 14.9 Å². The van der Waals surface area contributed by atoms with Gasteiger partial charge in [-0.15, -0.1) is 0 Å². The number of rotatable bonds is 5. The molecule has 0 aliphatic heterocycles. The van der Waals surface area contributed by atoms with E-state index in [1.807, 2.05) is 0 Å². The van der Waals surface area contributed by atoms with Crippen LogP contribution in [-0.2, 0) is 0 Å². The molecule has 1 aromatic rings. The van der Waals surface area contributed by atoms with Crippen LogP contribution in [0.15, 0.2) is 12.1 Å². The Kier molecular flexibility index (Phi) is 4.83. The predicted octanol–water partition coefficient (Wildman–Crippen LogP) is 4.41. The average Bonchev–Trinajstić information content (AvgIpc) is 2.92. The van der Waals surface area contributed by atoms with E-state index in [0.29, 0.717) is 0 Å². The van der Waals surface area contributed by atoms with Crippen LogP contribution in [0.2, 0.25) is 5.02 Å². The molecule has 0 unspecified atom stereocenters. The lowest BCUT2D eigenvalue weighted by atomic mass is 9.99. The summed E-state index contributed by atoms with van der Waals surface area (Å²) in [5.74, 6) is -0.340. The molecule has 1 aromatic carbocycles. The Morgan fingerprint density at radius 2 is 2.00 bits per heavy atom. The highest BCUT2D eigenvalue weighted by Gasteiger charge is 2.26. The van der Waals surface area contributed by atoms with E-state index < -0.39 is 4.92 Å². The standard InChI is InChI=1S/C15H18ClNO4/c1-9(2)15(18)11-7-12(16)14(8-13(11)17(19)20)21-10-5-3-4-6-10/h7-10H,3-6H2,1-2H3. The van der Waals surface area contributed by atoms with E-state index in [1.165, 1.54) is 12.1 Å². The van der Waals surface area contributed by atoms with Crippen LogP contribution < -0.4 is 4.74 Å². The Balaban J connectivity index is 2.38. The summed E-state index contributed by atoms with van der Waals surface area (Å²) in [7, 11) is 0. The third-order valence-corrected chi connectivity index (χ3v) is 3.93. The number of carbonyl (C=O) groups excluding carboxylic acids is 1. The van der Waals surface area contributed by atoms with Crippen molar-refractivity contribution in [2.24, 2.45) is 5.92 Å². The molecule has 0 radical (unpaired) electrons. The van der Waals surface area contributed by atoms with E-state index >= 15 is 0 Å². The molecule has 0 N–H and O–H groups in total. The normalized spacial score (nSPS) is 15.4. The van der Waals surface area contributed by atoms with Gasteiger partial charge < -0.3 is 4.74 Å². The number of hydrogen-bond acceptors (Lipinski definition) is 4. The van der Waals surface area contributed by atoms with Crippen molar-refractivity contribution in [1.82, 2.24) is 0 Å². The van der Waals surface area contributed by atoms with Gasteiger partial charge in [0, 0.05) is 5.92 Å². The number of ketones is 1. The van der Waals surface area contributed by atoms with Gasteiger partial charge in [0.15, 0.2) is 5.78 Å². The third-order valence-electron chi connectivity index (χ3n) is 3.63. The van der Waals surface area contributed by atoms with Crippen LogP contribution >= 0.6 is 11.6 Å². The Labute approximate surface area is 128 Å². The van der Waals surface area contributed by atoms with Gasteiger partial charge in [-0.3, -0.25) is 14.9 Å². The summed E-state index contributed by atoms with van der Waals surface area (Å²) >= 11 is 6.13. The molecule has 21 heavy (non-hydrogen) atoms. The zero-order valence-electron chi connectivity index (χ0n) is 12.1. The van der Waals surface area contributed by atoms with Gasteiger partial charge in [0.05, 0.1) is 27.7 Å². The van der Waals surface area contributed by atoms with Crippen LogP contribution in [0.3, 0.4) is 0 Å². The van der Waals surface area contributed by atoms with Crippen LogP contribution in [0.4, 0.5) is 5.69 Å². The molecule has 0 saturated heterocycles. The molecule has 1 aliphatic carbocycles. The van der Waals surface area contributed by atoms with Crippen molar-refractivity contribution in [3.05, 3.63) is 32.8 Å².